The maximum Gasteiger partial charge on any atom is 0.435 e. The Morgan fingerprint density at radius 3 is 2.72 bits per heavy atom. The van der Waals surface area contributed by atoms with Crippen LogP contribution in [0.4, 0.5) is 18.9 Å². The molecule has 0 bridgehead atoms. The van der Waals surface area contributed by atoms with Crippen LogP contribution in [-0.2, 0) is 30.2 Å². The summed E-state index contributed by atoms with van der Waals surface area (Å²) in [6.07, 6.45) is -4.51. The Labute approximate surface area is 206 Å². The Balaban J connectivity index is 1.47. The molecule has 0 saturated carbocycles. The molecule has 1 aromatic heterocycles. The summed E-state index contributed by atoms with van der Waals surface area (Å²) >= 11 is -2.17. The predicted molar refractivity (Wildman–Crippen MR) is 124 cm³/mol. The van der Waals surface area contributed by atoms with Gasteiger partial charge in [-0.2, -0.15) is 18.3 Å². The predicted octanol–water partition coefficient (Wildman–Crippen LogP) is 3.43. The summed E-state index contributed by atoms with van der Waals surface area (Å²) in [4.78, 5) is 16.1. The number of hydrogen-bond acceptors (Lipinski definition) is 6. The van der Waals surface area contributed by atoms with Gasteiger partial charge in [-0.3, -0.25) is 9.69 Å². The Hall–Kier alpha value is -3.42. The topological polar surface area (TPSA) is 97.1 Å². The normalized spacial score (nSPS) is 16.0. The number of nitrogens with zero attached hydrogens (tertiary/aromatic N) is 4. The highest BCUT2D eigenvalue weighted by Crippen LogP contribution is 2.37. The minimum atomic E-state index is -4.70. The lowest BCUT2D eigenvalue weighted by Crippen LogP contribution is -2.34. The summed E-state index contributed by atoms with van der Waals surface area (Å²) in [5, 5.41) is 3.86. The van der Waals surface area contributed by atoms with Gasteiger partial charge in [0.25, 0.3) is 5.91 Å². The van der Waals surface area contributed by atoms with Gasteiger partial charge in [0.05, 0.1) is 11.4 Å². The van der Waals surface area contributed by atoms with Crippen LogP contribution in [0.3, 0.4) is 0 Å². The van der Waals surface area contributed by atoms with E-state index in [0.717, 1.165) is 0 Å². The number of carbonyl (C=O) groups is 1. The number of amides is 1. The van der Waals surface area contributed by atoms with Crippen LogP contribution in [0.1, 0.15) is 27.3 Å². The summed E-state index contributed by atoms with van der Waals surface area (Å²) in [5.74, 6) is 0.472. The Morgan fingerprint density at radius 2 is 1.97 bits per heavy atom. The van der Waals surface area contributed by atoms with E-state index in [-0.39, 0.29) is 42.7 Å². The fourth-order valence-corrected chi connectivity index (χ4v) is 4.89. The van der Waals surface area contributed by atoms with E-state index in [4.69, 9.17) is 14.0 Å². The van der Waals surface area contributed by atoms with Gasteiger partial charge in [-0.25, -0.2) is 8.89 Å². The van der Waals surface area contributed by atoms with E-state index in [9.17, 15) is 22.2 Å². The summed E-state index contributed by atoms with van der Waals surface area (Å²) in [7, 11) is 1.59. The molecular weight excluding hydrogens is 501 g/mol. The lowest BCUT2D eigenvalue weighted by molar-refractivity contribution is -0.142. The van der Waals surface area contributed by atoms with Gasteiger partial charge in [-0.1, -0.05) is 6.07 Å². The Morgan fingerprint density at radius 1 is 1.19 bits per heavy atom. The fourth-order valence-electron chi connectivity index (χ4n) is 4.36. The number of rotatable bonds is 5. The number of benzene rings is 2. The molecule has 2 aliphatic rings. The van der Waals surface area contributed by atoms with Crippen molar-refractivity contribution in [1.82, 2.24) is 14.7 Å². The van der Waals surface area contributed by atoms with Gasteiger partial charge in [0.1, 0.15) is 5.88 Å². The number of fused-ring (bicyclic) bond motifs is 2. The van der Waals surface area contributed by atoms with Crippen LogP contribution in [0.5, 0.6) is 11.5 Å². The molecule has 5 rings (SSSR count). The van der Waals surface area contributed by atoms with Crippen molar-refractivity contribution in [3.63, 3.8) is 0 Å². The van der Waals surface area contributed by atoms with Crippen molar-refractivity contribution in [3.8, 4) is 17.2 Å². The third-order valence-electron chi connectivity index (χ3n) is 6.08. The van der Waals surface area contributed by atoms with E-state index in [1.54, 1.807) is 43.4 Å². The van der Waals surface area contributed by atoms with Crippen molar-refractivity contribution in [1.29, 1.82) is 0 Å². The number of carbonyl (C=O) groups excluding carboxylic acids is 1. The van der Waals surface area contributed by atoms with Crippen molar-refractivity contribution in [3.05, 3.63) is 65.0 Å². The van der Waals surface area contributed by atoms with E-state index >= 15 is 0 Å². The quantitative estimate of drug-likeness (QED) is 0.513. The first-order valence-electron chi connectivity index (χ1n) is 10.9. The molecule has 0 radical (unpaired) electrons. The van der Waals surface area contributed by atoms with Crippen LogP contribution in [0.25, 0.3) is 5.69 Å². The largest absolute Gasteiger partial charge is 0.454 e. The first-order valence-corrected chi connectivity index (χ1v) is 12.2. The average molecular weight is 523 g/mol. The molecule has 13 heteroatoms. The number of halogens is 3. The first-order chi connectivity index (χ1) is 17.1. The number of alkyl halides is 3. The number of ether oxygens (including phenoxy) is 2. The van der Waals surface area contributed by atoms with Crippen molar-refractivity contribution >= 4 is 22.7 Å². The number of hydrogen-bond donors (Lipinski definition) is 1. The molecule has 1 unspecified atom stereocenters. The second kappa shape index (κ2) is 9.22. The Bertz CT molecular complexity index is 1360. The highest BCUT2D eigenvalue weighted by Gasteiger charge is 2.41. The number of anilines is 1. The molecule has 0 spiro atoms. The van der Waals surface area contributed by atoms with Gasteiger partial charge in [0.2, 0.25) is 6.79 Å². The van der Waals surface area contributed by atoms with Gasteiger partial charge in [-0.15, -0.1) is 0 Å². The van der Waals surface area contributed by atoms with E-state index in [0.29, 0.717) is 35.1 Å². The van der Waals surface area contributed by atoms with Crippen LogP contribution >= 0.6 is 0 Å². The third kappa shape index (κ3) is 4.56. The van der Waals surface area contributed by atoms with Gasteiger partial charge in [0, 0.05) is 49.4 Å². The lowest BCUT2D eigenvalue weighted by Gasteiger charge is -2.26. The van der Waals surface area contributed by atoms with Crippen molar-refractivity contribution < 1.29 is 36.2 Å². The zero-order chi connectivity index (χ0) is 25.6. The van der Waals surface area contributed by atoms with Gasteiger partial charge in [0.15, 0.2) is 28.3 Å². The molecule has 0 saturated heterocycles. The highest BCUT2D eigenvalue weighted by atomic mass is 32.2. The minimum absolute atomic E-state index is 0.0339. The molecule has 9 nitrogen and oxygen atoms in total. The molecule has 2 aliphatic heterocycles. The van der Waals surface area contributed by atoms with Crippen LogP contribution in [0.2, 0.25) is 0 Å². The van der Waals surface area contributed by atoms with Gasteiger partial charge >= 0.3 is 6.18 Å². The second-order valence-electron chi connectivity index (χ2n) is 8.39. The van der Waals surface area contributed by atoms with Crippen LogP contribution in [0, 0.1) is 0 Å². The monoisotopic (exact) mass is 522 g/mol. The lowest BCUT2D eigenvalue weighted by atomic mass is 10.0. The molecule has 0 aliphatic carbocycles. The van der Waals surface area contributed by atoms with E-state index in [2.05, 4.69) is 5.10 Å². The summed E-state index contributed by atoms with van der Waals surface area (Å²) in [6, 6.07) is 11.3. The van der Waals surface area contributed by atoms with Crippen LogP contribution < -0.4 is 14.4 Å². The minimum Gasteiger partial charge on any atom is -0.454 e. The molecular formula is C23H21F3N4O5S. The first kappa shape index (κ1) is 24.3. The second-order valence-corrected chi connectivity index (χ2v) is 9.29. The molecule has 36 heavy (non-hydrogen) atoms. The summed E-state index contributed by atoms with van der Waals surface area (Å²) in [6.45, 7) is 0.248. The molecule has 1 atom stereocenters. The zero-order valence-corrected chi connectivity index (χ0v) is 19.8. The molecule has 3 heterocycles. The summed E-state index contributed by atoms with van der Waals surface area (Å²) in [5.41, 5.74) is 0.417. The summed E-state index contributed by atoms with van der Waals surface area (Å²) < 4.78 is 73.6. The molecule has 2 aromatic carbocycles. The SMILES string of the molecule is CN(C(=O)c1cccc(-n2nc(C(F)(F)F)c3c2CCN(CS(=O)O)C3)c1)c1ccc2c(c1)OCO2. The smallest absolute Gasteiger partial charge is 0.435 e. The van der Waals surface area contributed by atoms with Gasteiger partial charge < -0.3 is 18.9 Å². The zero-order valence-electron chi connectivity index (χ0n) is 19.0. The van der Waals surface area contributed by atoms with Crippen molar-refractivity contribution in [2.75, 3.05) is 31.2 Å². The standard InChI is InChI=1S/C23H21F3N4O5S/c1-28(15-5-6-19-20(10-15)35-13-34-19)22(31)14-3-2-4-16(9-14)30-18-7-8-29(12-36(32)33)11-17(18)21(27-30)23(24,25)26/h2-6,9-10H,7-8,11-13H2,1H3,(H,32,33). The van der Waals surface area contributed by atoms with Crippen LogP contribution in [-0.4, -0.2) is 55.6 Å². The molecule has 190 valence electrons. The van der Waals surface area contributed by atoms with Crippen molar-refractivity contribution in [2.45, 2.75) is 19.1 Å². The van der Waals surface area contributed by atoms with E-state index in [1.165, 1.54) is 20.5 Å². The van der Waals surface area contributed by atoms with E-state index < -0.39 is 23.0 Å². The fraction of sp³-hybridized carbons (Fsp3) is 0.304. The number of aromatic nitrogens is 2. The molecule has 3 aromatic rings. The van der Waals surface area contributed by atoms with Gasteiger partial charge in [-0.05, 0) is 30.3 Å². The third-order valence-corrected chi connectivity index (χ3v) is 6.67. The maximum atomic E-state index is 13.8. The molecule has 1 N–H and O–H groups in total. The molecule has 1 amide bonds. The average Bonchev–Trinajstić information content (AvgIpc) is 3.46. The highest BCUT2D eigenvalue weighted by molar-refractivity contribution is 7.79. The van der Waals surface area contributed by atoms with E-state index in [1.807, 2.05) is 0 Å². The Kier molecular flexibility index (Phi) is 6.22. The maximum absolute atomic E-state index is 13.8. The molecule has 0 fully saturated rings. The van der Waals surface area contributed by atoms with Crippen LogP contribution in [0.15, 0.2) is 42.5 Å². The van der Waals surface area contributed by atoms with Crippen molar-refractivity contribution in [2.24, 2.45) is 0 Å².